The van der Waals surface area contributed by atoms with E-state index in [1.807, 2.05) is 0 Å². The van der Waals surface area contributed by atoms with E-state index in [4.69, 9.17) is 4.52 Å². The zero-order valence-corrected chi connectivity index (χ0v) is 19.7. The first-order valence-electron chi connectivity index (χ1n) is 11.5. The van der Waals surface area contributed by atoms with Gasteiger partial charge in [-0.15, -0.1) is 0 Å². The maximum absolute atomic E-state index is 11.2. The Morgan fingerprint density at radius 2 is 0.923 bits per heavy atom. The van der Waals surface area contributed by atoms with Gasteiger partial charge in [-0.1, -0.05) is 39.0 Å². The average molecular weight is 389 g/mol. The van der Waals surface area contributed by atoms with Crippen molar-refractivity contribution < 1.29 is 9.32 Å². The van der Waals surface area contributed by atoms with Crippen LogP contribution in [0.15, 0.2) is 0 Å². The molecule has 0 bridgehead atoms. The zero-order chi connectivity index (χ0) is 19.8. The van der Waals surface area contributed by atoms with Gasteiger partial charge in [-0.25, -0.2) is 0 Å². The van der Waals surface area contributed by atoms with Crippen molar-refractivity contribution in [3.8, 4) is 0 Å². The Morgan fingerprint density at radius 3 is 1.23 bits per heavy atom. The van der Waals surface area contributed by atoms with E-state index in [-0.39, 0.29) is 5.97 Å². The van der Waals surface area contributed by atoms with Crippen LogP contribution >= 0.6 is 6.83 Å². The Hall–Kier alpha value is -0.100. The van der Waals surface area contributed by atoms with Gasteiger partial charge in [0.25, 0.3) is 0 Å². The molecule has 0 amide bonds. The van der Waals surface area contributed by atoms with Crippen molar-refractivity contribution in [2.24, 2.45) is 0 Å². The molecule has 0 atom stereocenters. The topological polar surface area (TPSA) is 26.3 Å². The maximum atomic E-state index is 11.2. The second-order valence-corrected chi connectivity index (χ2v) is 16.1. The molecule has 0 rings (SSSR count). The van der Waals surface area contributed by atoms with Crippen molar-refractivity contribution in [1.29, 1.82) is 0 Å². The van der Waals surface area contributed by atoms with Crippen LogP contribution < -0.4 is 0 Å². The molecule has 0 aliphatic rings. The number of carbonyl (C=O) groups excluding carboxylic acids is 1. The van der Waals surface area contributed by atoms with Gasteiger partial charge in [0.2, 0.25) is 0 Å². The van der Waals surface area contributed by atoms with Crippen molar-refractivity contribution in [2.75, 3.05) is 26.2 Å². The summed E-state index contributed by atoms with van der Waals surface area (Å²) in [6.07, 6.45) is 23.4. The van der Waals surface area contributed by atoms with Gasteiger partial charge in [-0.3, -0.25) is 0 Å². The van der Waals surface area contributed by atoms with E-state index in [1.165, 1.54) is 110 Å². The third-order valence-corrected chi connectivity index (χ3v) is 8.02. The van der Waals surface area contributed by atoms with Gasteiger partial charge in [0.1, 0.15) is 0 Å². The first-order valence-corrected chi connectivity index (χ1v) is 15.1. The normalized spacial score (nSPS) is 13.3. The SMILES string of the molecule is CCCCCCCCCCCCCCCCCCP(C)(C)(C)OC(C)=O. The van der Waals surface area contributed by atoms with Gasteiger partial charge in [0.05, 0.1) is 0 Å². The minimum absolute atomic E-state index is 0.119. The Balaban J connectivity index is 3.31. The van der Waals surface area contributed by atoms with E-state index in [9.17, 15) is 4.79 Å². The Labute approximate surface area is 165 Å². The zero-order valence-electron chi connectivity index (χ0n) is 18.8. The molecule has 3 heteroatoms. The first kappa shape index (κ1) is 25.9. The van der Waals surface area contributed by atoms with Gasteiger partial charge in [-0.05, 0) is 0 Å². The van der Waals surface area contributed by atoms with Crippen molar-refractivity contribution >= 4 is 12.8 Å². The van der Waals surface area contributed by atoms with Gasteiger partial charge in [-0.2, -0.15) is 0 Å². The molecule has 0 N–H and O–H groups in total. The number of hydrogen-bond donors (Lipinski definition) is 0. The molecule has 0 aromatic rings. The van der Waals surface area contributed by atoms with E-state index in [0.29, 0.717) is 0 Å². The number of rotatable bonds is 18. The van der Waals surface area contributed by atoms with Crippen LogP contribution in [0.2, 0.25) is 0 Å². The molecule has 0 unspecified atom stereocenters. The van der Waals surface area contributed by atoms with Crippen LogP contribution in [-0.2, 0) is 9.32 Å². The summed E-state index contributed by atoms with van der Waals surface area (Å²) in [5.74, 6) is -0.119. The van der Waals surface area contributed by atoms with E-state index in [0.717, 1.165) is 6.16 Å². The molecule has 0 fully saturated rings. The molecular weight excluding hydrogens is 339 g/mol. The summed E-state index contributed by atoms with van der Waals surface area (Å²) in [6, 6.07) is 0. The van der Waals surface area contributed by atoms with E-state index in [1.54, 1.807) is 0 Å². The predicted octanol–water partition coefficient (Wildman–Crippen LogP) is 8.17. The Kier molecular flexibility index (Phi) is 14.8. The third-order valence-electron chi connectivity index (χ3n) is 5.24. The summed E-state index contributed by atoms with van der Waals surface area (Å²) in [5, 5.41) is 0. The molecule has 0 aliphatic heterocycles. The average Bonchev–Trinajstić information content (AvgIpc) is 2.52. The molecule has 0 saturated carbocycles. The fourth-order valence-electron chi connectivity index (χ4n) is 3.72. The van der Waals surface area contributed by atoms with Crippen LogP contribution in [-0.4, -0.2) is 32.1 Å². The van der Waals surface area contributed by atoms with E-state index >= 15 is 0 Å². The molecule has 0 saturated heterocycles. The van der Waals surface area contributed by atoms with Crippen molar-refractivity contribution in [1.82, 2.24) is 0 Å². The quantitative estimate of drug-likeness (QED) is 0.175. The second-order valence-electron chi connectivity index (χ2n) is 9.58. The molecule has 158 valence electrons. The molecule has 0 heterocycles. The molecule has 26 heavy (non-hydrogen) atoms. The van der Waals surface area contributed by atoms with E-state index < -0.39 is 6.83 Å². The molecule has 0 aromatic carbocycles. The van der Waals surface area contributed by atoms with Crippen molar-refractivity contribution in [3.05, 3.63) is 0 Å². The summed E-state index contributed by atoms with van der Waals surface area (Å²) in [6.45, 7) is 8.12. The minimum atomic E-state index is -2.19. The molecule has 0 spiro atoms. The van der Waals surface area contributed by atoms with Gasteiger partial charge in [0.15, 0.2) is 0 Å². The third kappa shape index (κ3) is 18.7. The van der Waals surface area contributed by atoms with Gasteiger partial charge >= 0.3 is 126 Å². The number of unbranched alkanes of at least 4 members (excludes halogenated alkanes) is 15. The van der Waals surface area contributed by atoms with Crippen LogP contribution in [0, 0.1) is 0 Å². The summed E-state index contributed by atoms with van der Waals surface area (Å²) in [5.41, 5.74) is 0. The predicted molar refractivity (Wildman–Crippen MR) is 121 cm³/mol. The Bertz CT molecular complexity index is 344. The summed E-state index contributed by atoms with van der Waals surface area (Å²) in [7, 11) is 0. The molecule has 0 aliphatic carbocycles. The standard InChI is InChI=1S/C23H49O2P/c1-6-7-8-9-10-11-12-13-14-15-16-17-18-19-20-21-22-26(3,4,5)25-23(2)24/h6-22H2,1-5H3. The summed E-state index contributed by atoms with van der Waals surface area (Å²) in [4.78, 5) is 11.2. The fourth-order valence-corrected chi connectivity index (χ4v) is 6.07. The second kappa shape index (κ2) is 14.9. The molecule has 0 aromatic heterocycles. The summed E-state index contributed by atoms with van der Waals surface area (Å²) >= 11 is 0. The summed E-state index contributed by atoms with van der Waals surface area (Å²) < 4.78 is 5.64. The van der Waals surface area contributed by atoms with Crippen LogP contribution in [0.4, 0.5) is 0 Å². The van der Waals surface area contributed by atoms with Crippen LogP contribution in [0.5, 0.6) is 0 Å². The molecule has 2 nitrogen and oxygen atoms in total. The first-order chi connectivity index (χ1) is 12.2. The van der Waals surface area contributed by atoms with Gasteiger partial charge < -0.3 is 0 Å². The number of hydrogen-bond acceptors (Lipinski definition) is 2. The van der Waals surface area contributed by atoms with Crippen molar-refractivity contribution in [3.63, 3.8) is 0 Å². The van der Waals surface area contributed by atoms with Crippen molar-refractivity contribution in [2.45, 2.75) is 117 Å². The van der Waals surface area contributed by atoms with Crippen LogP contribution in [0.1, 0.15) is 117 Å². The Morgan fingerprint density at radius 1 is 0.615 bits per heavy atom. The van der Waals surface area contributed by atoms with E-state index in [2.05, 4.69) is 26.9 Å². The van der Waals surface area contributed by atoms with Gasteiger partial charge in [0, 0.05) is 0 Å². The molecule has 0 radical (unpaired) electrons. The van der Waals surface area contributed by atoms with Crippen LogP contribution in [0.25, 0.3) is 0 Å². The fraction of sp³-hybridized carbons (Fsp3) is 0.957. The monoisotopic (exact) mass is 388 g/mol. The molecular formula is C23H49O2P. The van der Waals surface area contributed by atoms with Crippen LogP contribution in [0.3, 0.4) is 0 Å². The number of carbonyl (C=O) groups is 1.